The molecule has 0 spiro atoms. The first-order chi connectivity index (χ1) is 14.7. The SMILES string of the molecule is Fc1ccc(Nc2nc(N/N=C\c3cccc(F)c3)nc(N3CCCCC3)n2)cc1. The van der Waals surface area contributed by atoms with Crippen molar-refractivity contribution in [3.8, 4) is 0 Å². The summed E-state index contributed by atoms with van der Waals surface area (Å²) < 4.78 is 26.5. The van der Waals surface area contributed by atoms with Gasteiger partial charge in [-0.1, -0.05) is 12.1 Å². The molecule has 1 saturated heterocycles. The number of hydrogen-bond acceptors (Lipinski definition) is 7. The molecule has 1 fully saturated rings. The molecule has 2 aromatic carbocycles. The van der Waals surface area contributed by atoms with Crippen molar-refractivity contribution in [2.45, 2.75) is 19.3 Å². The lowest BCUT2D eigenvalue weighted by molar-refractivity contribution is 0.568. The van der Waals surface area contributed by atoms with Crippen molar-refractivity contribution in [3.05, 3.63) is 65.7 Å². The minimum atomic E-state index is -0.336. The van der Waals surface area contributed by atoms with Crippen LogP contribution >= 0.6 is 0 Å². The number of anilines is 4. The summed E-state index contributed by atoms with van der Waals surface area (Å²) in [5, 5.41) is 7.18. The van der Waals surface area contributed by atoms with Crippen LogP contribution in [0.2, 0.25) is 0 Å². The second-order valence-corrected chi connectivity index (χ2v) is 6.89. The summed E-state index contributed by atoms with van der Waals surface area (Å²) in [5.74, 6) is 0.456. The van der Waals surface area contributed by atoms with Gasteiger partial charge < -0.3 is 10.2 Å². The Hall–Kier alpha value is -3.62. The first-order valence-electron chi connectivity index (χ1n) is 9.74. The van der Waals surface area contributed by atoms with Crippen molar-refractivity contribution in [2.75, 3.05) is 28.7 Å². The predicted octanol–water partition coefficient (Wildman–Crippen LogP) is 4.33. The molecule has 0 bridgehead atoms. The Bertz CT molecular complexity index is 1020. The van der Waals surface area contributed by atoms with Crippen LogP contribution in [0.4, 0.5) is 32.3 Å². The molecule has 3 aromatic rings. The molecule has 0 unspecified atom stereocenters. The summed E-state index contributed by atoms with van der Waals surface area (Å²) in [6, 6.07) is 12.0. The molecule has 4 rings (SSSR count). The maximum absolute atomic E-state index is 13.3. The van der Waals surface area contributed by atoms with E-state index in [2.05, 4.69) is 35.7 Å². The number of rotatable bonds is 6. The zero-order valence-corrected chi connectivity index (χ0v) is 16.2. The number of piperidine rings is 1. The third-order valence-electron chi connectivity index (χ3n) is 4.59. The smallest absolute Gasteiger partial charge is 0.250 e. The molecule has 1 aliphatic rings. The van der Waals surface area contributed by atoms with Crippen LogP contribution in [-0.4, -0.2) is 34.3 Å². The molecular weight excluding hydrogens is 388 g/mol. The molecule has 0 aliphatic carbocycles. The standard InChI is InChI=1S/C21H21F2N7/c22-16-7-9-18(10-8-16)25-19-26-20(28-21(27-19)30-11-2-1-3-12-30)29-24-14-15-5-4-6-17(23)13-15/h4-10,13-14H,1-3,11-12H2,(H2,25,26,27,28,29)/b24-14-. The van der Waals surface area contributed by atoms with Gasteiger partial charge in [-0.15, -0.1) is 0 Å². The summed E-state index contributed by atoms with van der Waals surface area (Å²) in [5.41, 5.74) is 4.05. The van der Waals surface area contributed by atoms with Gasteiger partial charge in [-0.25, -0.2) is 14.2 Å². The van der Waals surface area contributed by atoms with Crippen molar-refractivity contribution >= 4 is 29.7 Å². The van der Waals surface area contributed by atoms with Gasteiger partial charge in [0.1, 0.15) is 11.6 Å². The third kappa shape index (κ3) is 5.25. The topological polar surface area (TPSA) is 78.3 Å². The van der Waals surface area contributed by atoms with Crippen LogP contribution in [0.3, 0.4) is 0 Å². The first-order valence-corrected chi connectivity index (χ1v) is 9.74. The Kier molecular flexibility index (Phi) is 6.07. The number of benzene rings is 2. The molecule has 30 heavy (non-hydrogen) atoms. The van der Waals surface area contributed by atoms with Crippen LogP contribution in [0.15, 0.2) is 53.6 Å². The van der Waals surface area contributed by atoms with Gasteiger partial charge in [-0.3, -0.25) is 0 Å². The van der Waals surface area contributed by atoms with Crippen LogP contribution in [0.1, 0.15) is 24.8 Å². The Labute approximate surface area is 172 Å². The molecule has 0 radical (unpaired) electrons. The molecular formula is C21H21F2N7. The summed E-state index contributed by atoms with van der Waals surface area (Å²) in [4.78, 5) is 15.4. The molecule has 154 valence electrons. The number of halogens is 2. The monoisotopic (exact) mass is 409 g/mol. The van der Waals surface area contributed by atoms with E-state index < -0.39 is 0 Å². The van der Waals surface area contributed by atoms with Crippen molar-refractivity contribution in [2.24, 2.45) is 5.10 Å². The number of hydrazone groups is 1. The summed E-state index contributed by atoms with van der Waals surface area (Å²) >= 11 is 0. The molecule has 0 amide bonds. The quantitative estimate of drug-likeness (QED) is 0.466. The lowest BCUT2D eigenvalue weighted by Crippen LogP contribution is -2.31. The highest BCUT2D eigenvalue weighted by Crippen LogP contribution is 2.21. The third-order valence-corrected chi connectivity index (χ3v) is 4.59. The number of nitrogens with zero attached hydrogens (tertiary/aromatic N) is 5. The normalized spacial score (nSPS) is 14.1. The zero-order valence-electron chi connectivity index (χ0n) is 16.2. The molecule has 2 N–H and O–H groups in total. The average molecular weight is 409 g/mol. The number of aromatic nitrogens is 3. The van der Waals surface area contributed by atoms with Crippen LogP contribution < -0.4 is 15.6 Å². The Morgan fingerprint density at radius 3 is 2.40 bits per heavy atom. The van der Waals surface area contributed by atoms with Crippen LogP contribution in [0.5, 0.6) is 0 Å². The molecule has 1 aromatic heterocycles. The Balaban J connectivity index is 1.56. The molecule has 0 saturated carbocycles. The van der Waals surface area contributed by atoms with Crippen molar-refractivity contribution in [1.29, 1.82) is 0 Å². The fourth-order valence-corrected chi connectivity index (χ4v) is 3.12. The van der Waals surface area contributed by atoms with Gasteiger partial charge >= 0.3 is 0 Å². The van der Waals surface area contributed by atoms with Crippen molar-refractivity contribution < 1.29 is 8.78 Å². The Morgan fingerprint density at radius 1 is 0.867 bits per heavy atom. The second-order valence-electron chi connectivity index (χ2n) is 6.89. The lowest BCUT2D eigenvalue weighted by atomic mass is 10.1. The highest BCUT2D eigenvalue weighted by molar-refractivity contribution is 5.79. The van der Waals surface area contributed by atoms with E-state index in [9.17, 15) is 8.78 Å². The molecule has 7 nitrogen and oxygen atoms in total. The van der Waals surface area contributed by atoms with Gasteiger partial charge in [0.2, 0.25) is 17.8 Å². The number of hydrogen-bond donors (Lipinski definition) is 2. The van der Waals surface area contributed by atoms with Crippen LogP contribution in [0.25, 0.3) is 0 Å². The second kappa shape index (κ2) is 9.25. The fraction of sp³-hybridized carbons (Fsp3) is 0.238. The van der Waals surface area contributed by atoms with E-state index in [4.69, 9.17) is 0 Å². The van der Waals surface area contributed by atoms with E-state index in [1.54, 1.807) is 24.3 Å². The molecule has 2 heterocycles. The Morgan fingerprint density at radius 2 is 1.63 bits per heavy atom. The van der Waals surface area contributed by atoms with Crippen molar-refractivity contribution in [1.82, 2.24) is 15.0 Å². The van der Waals surface area contributed by atoms with E-state index >= 15 is 0 Å². The molecule has 9 heteroatoms. The van der Waals surface area contributed by atoms with E-state index in [-0.39, 0.29) is 17.6 Å². The van der Waals surface area contributed by atoms with Crippen LogP contribution in [-0.2, 0) is 0 Å². The first kappa shape index (κ1) is 19.7. The van der Waals surface area contributed by atoms with E-state index in [1.165, 1.54) is 36.9 Å². The number of nitrogens with one attached hydrogen (secondary N) is 2. The van der Waals surface area contributed by atoms with Crippen molar-refractivity contribution in [3.63, 3.8) is 0 Å². The summed E-state index contributed by atoms with van der Waals surface area (Å²) in [6.07, 6.45) is 4.83. The predicted molar refractivity (Wildman–Crippen MR) is 113 cm³/mol. The fourth-order valence-electron chi connectivity index (χ4n) is 3.12. The molecule has 1 aliphatic heterocycles. The maximum Gasteiger partial charge on any atom is 0.250 e. The summed E-state index contributed by atoms with van der Waals surface area (Å²) in [7, 11) is 0. The van der Waals surface area contributed by atoms with Crippen LogP contribution in [0, 0.1) is 11.6 Å². The lowest BCUT2D eigenvalue weighted by Gasteiger charge is -2.26. The van der Waals surface area contributed by atoms with E-state index in [1.807, 2.05) is 0 Å². The van der Waals surface area contributed by atoms with Gasteiger partial charge in [0, 0.05) is 18.8 Å². The van der Waals surface area contributed by atoms with Gasteiger partial charge in [-0.2, -0.15) is 20.1 Å². The maximum atomic E-state index is 13.3. The zero-order chi connectivity index (χ0) is 20.8. The largest absolute Gasteiger partial charge is 0.341 e. The highest BCUT2D eigenvalue weighted by Gasteiger charge is 2.16. The van der Waals surface area contributed by atoms with Gasteiger partial charge in [0.15, 0.2) is 0 Å². The molecule has 0 atom stereocenters. The minimum absolute atomic E-state index is 0.253. The van der Waals surface area contributed by atoms with E-state index in [0.29, 0.717) is 23.1 Å². The minimum Gasteiger partial charge on any atom is -0.341 e. The highest BCUT2D eigenvalue weighted by atomic mass is 19.1. The van der Waals surface area contributed by atoms with E-state index in [0.717, 1.165) is 25.9 Å². The summed E-state index contributed by atoms with van der Waals surface area (Å²) in [6.45, 7) is 1.73. The van der Waals surface area contributed by atoms with Gasteiger partial charge in [0.05, 0.1) is 6.21 Å². The van der Waals surface area contributed by atoms with Gasteiger partial charge in [0.25, 0.3) is 0 Å². The van der Waals surface area contributed by atoms with Gasteiger partial charge in [-0.05, 0) is 61.2 Å². The average Bonchev–Trinajstić information content (AvgIpc) is 2.76.